The number of nitrogens with zero attached hydrogens (tertiary/aromatic N) is 5. The first kappa shape index (κ1) is 27.8. The Balaban J connectivity index is 1.42. The van der Waals surface area contributed by atoms with Gasteiger partial charge in [0, 0.05) is 56.5 Å². The third kappa shape index (κ3) is 5.90. The predicted molar refractivity (Wildman–Crippen MR) is 152 cm³/mol. The number of rotatable bonds is 12. The number of hydrogen-bond acceptors (Lipinski definition) is 6. The lowest BCUT2D eigenvalue weighted by atomic mass is 10.1. The third-order valence-electron chi connectivity index (χ3n) is 7.32. The molecule has 0 spiro atoms. The summed E-state index contributed by atoms with van der Waals surface area (Å²) in [6, 6.07) is 12.4. The summed E-state index contributed by atoms with van der Waals surface area (Å²) in [5.41, 5.74) is 6.51. The number of carbonyl (C=O) groups excluding carboxylic acids is 2. The second kappa shape index (κ2) is 12.5. The van der Waals surface area contributed by atoms with Crippen molar-refractivity contribution in [3.8, 4) is 0 Å². The van der Waals surface area contributed by atoms with E-state index in [1.54, 1.807) is 12.1 Å². The van der Waals surface area contributed by atoms with Crippen LogP contribution in [0, 0.1) is 6.92 Å². The standard InChI is InChI=1S/C29H41N7O2/c1-6-26-24-15-21(4)27(16-25(24)32-36(26)8-3)35(14-13-30-7-2)29(38)18-31-17-28(37)33(5)34-19-22-11-9-10-12-23(22)20-34/h9-12,15-16,30-31H,6-8,13-14,17-20H2,1-5H3. The van der Waals surface area contributed by atoms with Gasteiger partial charge < -0.3 is 10.2 Å². The number of aromatic nitrogens is 2. The van der Waals surface area contributed by atoms with Crippen LogP contribution in [0.5, 0.6) is 0 Å². The summed E-state index contributed by atoms with van der Waals surface area (Å²) in [5.74, 6) is -0.139. The highest BCUT2D eigenvalue weighted by Gasteiger charge is 2.25. The monoisotopic (exact) mass is 519 g/mol. The molecule has 4 rings (SSSR count). The molecule has 1 aromatic heterocycles. The minimum Gasteiger partial charge on any atom is -0.315 e. The summed E-state index contributed by atoms with van der Waals surface area (Å²) < 4.78 is 2.04. The highest BCUT2D eigenvalue weighted by Crippen LogP contribution is 2.29. The minimum atomic E-state index is -0.0698. The van der Waals surface area contributed by atoms with Crippen LogP contribution in [0.4, 0.5) is 5.69 Å². The minimum absolute atomic E-state index is 0.0694. The molecule has 9 heteroatoms. The van der Waals surface area contributed by atoms with Gasteiger partial charge >= 0.3 is 0 Å². The summed E-state index contributed by atoms with van der Waals surface area (Å²) in [7, 11) is 1.79. The average molecular weight is 520 g/mol. The summed E-state index contributed by atoms with van der Waals surface area (Å²) in [4.78, 5) is 28.1. The third-order valence-corrected chi connectivity index (χ3v) is 7.32. The van der Waals surface area contributed by atoms with Gasteiger partial charge in [-0.15, -0.1) is 0 Å². The molecule has 3 aromatic rings. The van der Waals surface area contributed by atoms with Crippen LogP contribution in [-0.4, -0.2) is 71.4 Å². The van der Waals surface area contributed by atoms with E-state index in [9.17, 15) is 9.59 Å². The van der Waals surface area contributed by atoms with Gasteiger partial charge in [-0.2, -0.15) is 5.10 Å². The number of hydrazine groups is 1. The van der Waals surface area contributed by atoms with E-state index in [4.69, 9.17) is 5.10 Å². The molecule has 38 heavy (non-hydrogen) atoms. The Hall–Kier alpha value is -3.27. The molecule has 0 fully saturated rings. The summed E-state index contributed by atoms with van der Waals surface area (Å²) in [6.07, 6.45) is 0.905. The number of likely N-dealkylation sites (N-methyl/N-ethyl adjacent to an activating group) is 2. The van der Waals surface area contributed by atoms with E-state index in [1.807, 2.05) is 39.7 Å². The average Bonchev–Trinajstić information content (AvgIpc) is 3.51. The molecule has 0 aliphatic carbocycles. The zero-order valence-electron chi connectivity index (χ0n) is 23.4. The van der Waals surface area contributed by atoms with Crippen LogP contribution < -0.4 is 15.5 Å². The van der Waals surface area contributed by atoms with E-state index in [2.05, 4.69) is 49.6 Å². The van der Waals surface area contributed by atoms with Crippen LogP contribution in [0.1, 0.15) is 43.2 Å². The molecule has 0 atom stereocenters. The summed E-state index contributed by atoms with van der Waals surface area (Å²) in [6.45, 7) is 12.8. The van der Waals surface area contributed by atoms with Gasteiger partial charge in [0.2, 0.25) is 5.91 Å². The molecule has 0 saturated heterocycles. The normalized spacial score (nSPS) is 13.2. The van der Waals surface area contributed by atoms with E-state index >= 15 is 0 Å². The van der Waals surface area contributed by atoms with Crippen LogP contribution in [0.3, 0.4) is 0 Å². The first-order valence-corrected chi connectivity index (χ1v) is 13.7. The van der Waals surface area contributed by atoms with E-state index in [-0.39, 0.29) is 24.9 Å². The summed E-state index contributed by atoms with van der Waals surface area (Å²) in [5, 5.41) is 16.0. The van der Waals surface area contributed by atoms with E-state index in [0.29, 0.717) is 26.2 Å². The Kier molecular flexibility index (Phi) is 9.14. The van der Waals surface area contributed by atoms with E-state index in [0.717, 1.165) is 41.7 Å². The Morgan fingerprint density at radius 3 is 2.32 bits per heavy atom. The molecule has 2 amide bonds. The first-order valence-electron chi connectivity index (χ1n) is 13.7. The zero-order valence-corrected chi connectivity index (χ0v) is 23.4. The molecule has 0 unspecified atom stereocenters. The van der Waals surface area contributed by atoms with Crippen LogP contribution in [0.15, 0.2) is 36.4 Å². The van der Waals surface area contributed by atoms with Crippen molar-refractivity contribution in [2.75, 3.05) is 44.7 Å². The van der Waals surface area contributed by atoms with Crippen molar-refractivity contribution in [2.24, 2.45) is 0 Å². The van der Waals surface area contributed by atoms with Crippen molar-refractivity contribution in [1.82, 2.24) is 30.4 Å². The quantitative estimate of drug-likeness (QED) is 0.358. The van der Waals surface area contributed by atoms with Crippen LogP contribution in [0.2, 0.25) is 0 Å². The maximum Gasteiger partial charge on any atom is 0.250 e. The first-order chi connectivity index (χ1) is 18.4. The molecule has 0 saturated carbocycles. The molecule has 1 aliphatic heterocycles. The van der Waals surface area contributed by atoms with Crippen molar-refractivity contribution in [2.45, 2.75) is 53.8 Å². The molecule has 1 aliphatic rings. The Morgan fingerprint density at radius 2 is 1.68 bits per heavy atom. The number of aryl methyl sites for hydroxylation is 3. The van der Waals surface area contributed by atoms with Gasteiger partial charge in [0.15, 0.2) is 0 Å². The Labute approximate surface area is 225 Å². The van der Waals surface area contributed by atoms with Crippen molar-refractivity contribution in [1.29, 1.82) is 0 Å². The molecule has 2 heterocycles. The number of hydrogen-bond donors (Lipinski definition) is 2. The summed E-state index contributed by atoms with van der Waals surface area (Å²) >= 11 is 0. The smallest absolute Gasteiger partial charge is 0.250 e. The molecular formula is C29H41N7O2. The molecule has 204 valence electrons. The lowest BCUT2D eigenvalue weighted by Gasteiger charge is -2.28. The Bertz CT molecular complexity index is 1260. The number of carbonyl (C=O) groups is 2. The van der Waals surface area contributed by atoms with Crippen molar-refractivity contribution in [3.05, 3.63) is 58.8 Å². The van der Waals surface area contributed by atoms with Gasteiger partial charge in [-0.1, -0.05) is 38.1 Å². The Morgan fingerprint density at radius 1 is 1.00 bits per heavy atom. The maximum atomic E-state index is 13.4. The SMILES string of the molecule is CCNCCN(C(=O)CNCC(=O)N(C)N1Cc2ccccc2C1)c1cc2nn(CC)c(CC)c2cc1C. The zero-order chi connectivity index (χ0) is 27.2. The van der Waals surface area contributed by atoms with Gasteiger partial charge in [0.25, 0.3) is 5.91 Å². The highest BCUT2D eigenvalue weighted by molar-refractivity contribution is 5.98. The molecule has 2 aromatic carbocycles. The largest absolute Gasteiger partial charge is 0.315 e. The van der Waals surface area contributed by atoms with Gasteiger partial charge in [0.05, 0.1) is 18.6 Å². The van der Waals surface area contributed by atoms with E-state index < -0.39 is 0 Å². The fraction of sp³-hybridized carbons (Fsp3) is 0.483. The van der Waals surface area contributed by atoms with Gasteiger partial charge in [-0.3, -0.25) is 24.6 Å². The molecule has 0 bridgehead atoms. The number of benzene rings is 2. The van der Waals surface area contributed by atoms with Gasteiger partial charge in [-0.05, 0) is 55.6 Å². The topological polar surface area (TPSA) is 85.7 Å². The molecule has 0 radical (unpaired) electrons. The number of anilines is 1. The van der Waals surface area contributed by atoms with Crippen LogP contribution >= 0.6 is 0 Å². The number of amides is 2. The molecular weight excluding hydrogens is 478 g/mol. The van der Waals surface area contributed by atoms with E-state index in [1.165, 1.54) is 16.8 Å². The lowest BCUT2D eigenvalue weighted by molar-refractivity contribution is -0.145. The van der Waals surface area contributed by atoms with Crippen molar-refractivity contribution < 1.29 is 9.59 Å². The van der Waals surface area contributed by atoms with Crippen LogP contribution in [0.25, 0.3) is 10.9 Å². The molecule has 9 nitrogen and oxygen atoms in total. The second-order valence-electron chi connectivity index (χ2n) is 9.78. The number of fused-ring (bicyclic) bond motifs is 2. The highest BCUT2D eigenvalue weighted by atomic mass is 16.2. The van der Waals surface area contributed by atoms with Crippen molar-refractivity contribution in [3.63, 3.8) is 0 Å². The van der Waals surface area contributed by atoms with Crippen molar-refractivity contribution >= 4 is 28.4 Å². The molecule has 2 N–H and O–H groups in total. The predicted octanol–water partition coefficient (Wildman–Crippen LogP) is 2.85. The van der Waals surface area contributed by atoms with Crippen LogP contribution in [-0.2, 0) is 35.6 Å². The fourth-order valence-electron chi connectivity index (χ4n) is 5.17. The number of nitrogens with one attached hydrogen (secondary N) is 2. The maximum absolute atomic E-state index is 13.4. The lowest BCUT2D eigenvalue weighted by Crippen LogP contribution is -2.47. The van der Waals surface area contributed by atoms with Gasteiger partial charge in [-0.25, -0.2) is 5.01 Å². The fourth-order valence-corrected chi connectivity index (χ4v) is 5.17. The second-order valence-corrected chi connectivity index (χ2v) is 9.78. The van der Waals surface area contributed by atoms with Gasteiger partial charge in [0.1, 0.15) is 0 Å².